The third-order valence-corrected chi connectivity index (χ3v) is 6.62. The number of pyridine rings is 2. The van der Waals surface area contributed by atoms with Crippen molar-refractivity contribution in [3.8, 4) is 16.9 Å². The number of imidazole rings is 1. The number of nitrogens with zero attached hydrogens (tertiary/aromatic N) is 6. The van der Waals surface area contributed by atoms with Crippen LogP contribution in [0.25, 0.3) is 33.1 Å². The number of hydrogen-bond acceptors (Lipinski definition) is 7. The van der Waals surface area contributed by atoms with E-state index in [0.717, 1.165) is 51.0 Å². The summed E-state index contributed by atoms with van der Waals surface area (Å²) >= 11 is 0. The van der Waals surface area contributed by atoms with Crippen molar-refractivity contribution in [3.63, 3.8) is 0 Å². The summed E-state index contributed by atoms with van der Waals surface area (Å²) in [6, 6.07) is 9.46. The predicted octanol–water partition coefficient (Wildman–Crippen LogP) is 4.10. The third-order valence-electron chi connectivity index (χ3n) is 6.62. The number of benzene rings is 1. The summed E-state index contributed by atoms with van der Waals surface area (Å²) < 4.78 is 15.2. The second-order valence-corrected chi connectivity index (χ2v) is 9.35. The summed E-state index contributed by atoms with van der Waals surface area (Å²) in [5.41, 5.74) is 5.54. The van der Waals surface area contributed by atoms with Crippen LogP contribution in [0.5, 0.6) is 5.75 Å². The minimum absolute atomic E-state index is 0.123. The van der Waals surface area contributed by atoms with Crippen molar-refractivity contribution in [1.29, 1.82) is 0 Å². The molecule has 1 aromatic carbocycles. The zero-order valence-electron chi connectivity index (χ0n) is 21.4. The highest BCUT2D eigenvalue weighted by Gasteiger charge is 2.23. The lowest BCUT2D eigenvalue weighted by molar-refractivity contribution is 0.262. The number of ether oxygens (including phenoxy) is 1. The van der Waals surface area contributed by atoms with Crippen LogP contribution < -0.4 is 10.4 Å². The van der Waals surface area contributed by atoms with Crippen molar-refractivity contribution in [1.82, 2.24) is 29.2 Å². The molecule has 9 nitrogen and oxygen atoms in total. The van der Waals surface area contributed by atoms with E-state index in [0.29, 0.717) is 18.1 Å². The molecule has 0 aliphatic carbocycles. The van der Waals surface area contributed by atoms with Gasteiger partial charge in [-0.15, -0.1) is 0 Å². The molecule has 0 radical (unpaired) electrons. The fourth-order valence-electron chi connectivity index (χ4n) is 4.69. The molecular formula is C27H30N6O3. The predicted molar refractivity (Wildman–Crippen MR) is 140 cm³/mol. The van der Waals surface area contributed by atoms with Crippen LogP contribution >= 0.6 is 0 Å². The number of rotatable bonds is 7. The van der Waals surface area contributed by atoms with Gasteiger partial charge in [-0.2, -0.15) is 0 Å². The number of aryl methyl sites for hydroxylation is 3. The van der Waals surface area contributed by atoms with Gasteiger partial charge in [0.05, 0.1) is 45.7 Å². The van der Waals surface area contributed by atoms with E-state index in [4.69, 9.17) is 14.2 Å². The van der Waals surface area contributed by atoms with Gasteiger partial charge < -0.3 is 14.2 Å². The largest absolute Gasteiger partial charge is 0.492 e. The van der Waals surface area contributed by atoms with E-state index in [1.807, 2.05) is 65.2 Å². The van der Waals surface area contributed by atoms with E-state index >= 15 is 0 Å². The molecule has 0 N–H and O–H groups in total. The maximum Gasteiger partial charge on any atom is 0.329 e. The van der Waals surface area contributed by atoms with Gasteiger partial charge in [-0.05, 0) is 59.1 Å². The van der Waals surface area contributed by atoms with Crippen LogP contribution in [-0.2, 0) is 7.05 Å². The molecule has 1 atom stereocenters. The summed E-state index contributed by atoms with van der Waals surface area (Å²) in [4.78, 5) is 24.7. The lowest BCUT2D eigenvalue weighted by atomic mass is 10.00. The highest BCUT2D eigenvalue weighted by Crippen LogP contribution is 2.39. The van der Waals surface area contributed by atoms with Gasteiger partial charge in [0, 0.05) is 30.7 Å². The van der Waals surface area contributed by atoms with Gasteiger partial charge in [-0.25, -0.2) is 4.79 Å². The molecule has 0 bridgehead atoms. The second kappa shape index (κ2) is 9.23. The molecule has 36 heavy (non-hydrogen) atoms. The fraction of sp³-hybridized carbons (Fsp3) is 0.333. The third kappa shape index (κ3) is 3.95. The Kier molecular flexibility index (Phi) is 6.09. The zero-order valence-corrected chi connectivity index (χ0v) is 21.4. The zero-order chi connectivity index (χ0) is 25.6. The Morgan fingerprint density at radius 3 is 2.64 bits per heavy atom. The van der Waals surface area contributed by atoms with E-state index < -0.39 is 0 Å². The SMILES string of the molecule is Cc1noc(C)c1-c1cc2ncc3c(c2cc1OCCN(C)C)n([C@H](C)c1ccccn1)c(=O)n3C. The Bertz CT molecular complexity index is 1590. The lowest BCUT2D eigenvalue weighted by Crippen LogP contribution is -2.25. The summed E-state index contributed by atoms with van der Waals surface area (Å²) in [7, 11) is 5.79. The van der Waals surface area contributed by atoms with E-state index in [2.05, 4.69) is 15.0 Å². The van der Waals surface area contributed by atoms with Gasteiger partial charge in [0.1, 0.15) is 18.1 Å². The van der Waals surface area contributed by atoms with Crippen LogP contribution in [-0.4, -0.2) is 56.4 Å². The second-order valence-electron chi connectivity index (χ2n) is 9.35. The van der Waals surface area contributed by atoms with Crippen molar-refractivity contribution < 1.29 is 9.26 Å². The topological polar surface area (TPSA) is 91.2 Å². The maximum absolute atomic E-state index is 13.4. The first-order chi connectivity index (χ1) is 17.3. The minimum atomic E-state index is -0.270. The number of fused-ring (bicyclic) bond motifs is 3. The number of hydrogen-bond donors (Lipinski definition) is 0. The van der Waals surface area contributed by atoms with E-state index in [1.165, 1.54) is 0 Å². The van der Waals surface area contributed by atoms with Crippen LogP contribution in [0.15, 0.2) is 52.0 Å². The molecule has 0 aliphatic rings. The lowest BCUT2D eigenvalue weighted by Gasteiger charge is -2.17. The molecule has 0 aliphatic heterocycles. The molecule has 0 unspecified atom stereocenters. The smallest absolute Gasteiger partial charge is 0.329 e. The Morgan fingerprint density at radius 1 is 1.17 bits per heavy atom. The van der Waals surface area contributed by atoms with Crippen molar-refractivity contribution in [2.75, 3.05) is 27.2 Å². The van der Waals surface area contributed by atoms with Crippen LogP contribution in [0, 0.1) is 13.8 Å². The molecule has 0 amide bonds. The van der Waals surface area contributed by atoms with E-state index in [1.54, 1.807) is 28.6 Å². The first-order valence-corrected chi connectivity index (χ1v) is 11.9. The number of aromatic nitrogens is 5. The van der Waals surface area contributed by atoms with Gasteiger partial charge >= 0.3 is 5.69 Å². The summed E-state index contributed by atoms with van der Waals surface area (Å²) in [6.07, 6.45) is 3.50. The Hall–Kier alpha value is -3.98. The molecule has 9 heteroatoms. The van der Waals surface area contributed by atoms with Crippen molar-refractivity contribution in [2.45, 2.75) is 26.8 Å². The standard InChI is InChI=1S/C27H30N6O3/c1-16-25(18(3)36-30-16)20-13-22-19(14-24(20)35-12-11-31(4)5)26-23(15-29-22)32(6)27(34)33(26)17(2)21-9-7-8-10-28-21/h7-10,13-15,17H,11-12H2,1-6H3/t17-/m1/s1. The molecule has 5 rings (SSSR count). The van der Waals surface area contributed by atoms with Gasteiger partial charge in [0.25, 0.3) is 0 Å². The average molecular weight is 487 g/mol. The Balaban J connectivity index is 1.79. The quantitative estimate of drug-likeness (QED) is 0.342. The highest BCUT2D eigenvalue weighted by molar-refractivity contribution is 6.05. The molecule has 0 fully saturated rings. The molecule has 4 heterocycles. The van der Waals surface area contributed by atoms with Crippen molar-refractivity contribution in [3.05, 3.63) is 70.4 Å². The van der Waals surface area contributed by atoms with Gasteiger partial charge in [0.15, 0.2) is 0 Å². The first-order valence-electron chi connectivity index (χ1n) is 11.9. The molecule has 4 aromatic heterocycles. The van der Waals surface area contributed by atoms with E-state index in [-0.39, 0.29) is 11.7 Å². The Morgan fingerprint density at radius 2 is 1.97 bits per heavy atom. The van der Waals surface area contributed by atoms with Gasteiger partial charge in [-0.3, -0.25) is 19.1 Å². The molecule has 0 saturated heterocycles. The van der Waals surface area contributed by atoms with Crippen LogP contribution in [0.2, 0.25) is 0 Å². The Labute approximate surface area is 208 Å². The van der Waals surface area contributed by atoms with Gasteiger partial charge in [-0.1, -0.05) is 11.2 Å². The fourth-order valence-corrected chi connectivity index (χ4v) is 4.69. The normalized spacial score (nSPS) is 12.6. The molecule has 186 valence electrons. The summed E-state index contributed by atoms with van der Waals surface area (Å²) in [5, 5.41) is 4.98. The van der Waals surface area contributed by atoms with Gasteiger partial charge in [0.2, 0.25) is 0 Å². The maximum atomic E-state index is 13.4. The summed E-state index contributed by atoms with van der Waals surface area (Å²) in [5.74, 6) is 1.41. The molecule has 5 aromatic rings. The van der Waals surface area contributed by atoms with Crippen LogP contribution in [0.4, 0.5) is 0 Å². The van der Waals surface area contributed by atoms with E-state index in [9.17, 15) is 4.79 Å². The molecule has 0 spiro atoms. The average Bonchev–Trinajstić information content (AvgIpc) is 3.33. The highest BCUT2D eigenvalue weighted by atomic mass is 16.5. The number of likely N-dealkylation sites (N-methyl/N-ethyl adjacent to an activating group) is 1. The van der Waals surface area contributed by atoms with Crippen molar-refractivity contribution >= 4 is 21.9 Å². The van der Waals surface area contributed by atoms with Crippen LogP contribution in [0.1, 0.15) is 30.1 Å². The van der Waals surface area contributed by atoms with Crippen LogP contribution in [0.3, 0.4) is 0 Å². The minimum Gasteiger partial charge on any atom is -0.492 e. The monoisotopic (exact) mass is 486 g/mol. The van der Waals surface area contributed by atoms with Crippen molar-refractivity contribution in [2.24, 2.45) is 7.05 Å². The first kappa shape index (κ1) is 23.7. The molecular weight excluding hydrogens is 456 g/mol. The molecule has 0 saturated carbocycles. The summed E-state index contributed by atoms with van der Waals surface area (Å²) in [6.45, 7) is 7.06.